The van der Waals surface area contributed by atoms with E-state index in [1.807, 2.05) is 24.3 Å². The molecule has 36 heavy (non-hydrogen) atoms. The fraction of sp³-hybridized carbons (Fsp3) is 0.484. The zero-order chi connectivity index (χ0) is 25.9. The highest BCUT2D eigenvalue weighted by Crippen LogP contribution is 2.27. The summed E-state index contributed by atoms with van der Waals surface area (Å²) >= 11 is 3.57. The predicted octanol–water partition coefficient (Wildman–Crippen LogP) is 8.03. The average Bonchev–Trinajstić information content (AvgIpc) is 2.88. The zero-order valence-electron chi connectivity index (χ0n) is 22.4. The maximum Gasteiger partial charge on any atom is 0.252 e. The number of fused-ring (bicyclic) bond motifs is 1. The van der Waals surface area contributed by atoms with Crippen LogP contribution >= 0.6 is 15.9 Å². The second kappa shape index (κ2) is 14.5. The van der Waals surface area contributed by atoms with Crippen LogP contribution in [0, 0.1) is 0 Å². The van der Waals surface area contributed by atoms with Gasteiger partial charge in [-0.05, 0) is 69.1 Å². The number of hydrogen-bond donors (Lipinski definition) is 1. The molecule has 0 aliphatic heterocycles. The molecule has 1 atom stereocenters. The molecule has 1 amide bonds. The number of hydrogen-bond acceptors (Lipinski definition) is 3. The smallest absolute Gasteiger partial charge is 0.252 e. The molecule has 4 nitrogen and oxygen atoms in total. The first-order valence-electron chi connectivity index (χ1n) is 13.7. The van der Waals surface area contributed by atoms with Crippen molar-refractivity contribution in [2.75, 3.05) is 19.6 Å². The van der Waals surface area contributed by atoms with Crippen molar-refractivity contribution in [3.63, 3.8) is 0 Å². The second-order valence-electron chi connectivity index (χ2n) is 9.86. The zero-order valence-corrected chi connectivity index (χ0v) is 24.0. The van der Waals surface area contributed by atoms with Crippen LogP contribution in [0.25, 0.3) is 22.2 Å². The highest BCUT2D eigenvalue weighted by molar-refractivity contribution is 9.10. The first-order chi connectivity index (χ1) is 17.4. The van der Waals surface area contributed by atoms with Crippen LogP contribution in [0.3, 0.4) is 0 Å². The van der Waals surface area contributed by atoms with E-state index < -0.39 is 0 Å². The van der Waals surface area contributed by atoms with E-state index in [2.05, 4.69) is 78.1 Å². The van der Waals surface area contributed by atoms with E-state index >= 15 is 0 Å². The van der Waals surface area contributed by atoms with Crippen molar-refractivity contribution in [1.82, 2.24) is 15.2 Å². The summed E-state index contributed by atoms with van der Waals surface area (Å²) in [6.45, 7) is 11.8. The molecule has 1 aromatic heterocycles. The second-order valence-corrected chi connectivity index (χ2v) is 10.8. The van der Waals surface area contributed by atoms with Gasteiger partial charge in [-0.1, -0.05) is 86.6 Å². The Balaban J connectivity index is 1.82. The summed E-state index contributed by atoms with van der Waals surface area (Å²) in [6, 6.07) is 16.4. The molecule has 5 heteroatoms. The number of nitrogens with zero attached hydrogens (tertiary/aromatic N) is 2. The number of rotatable bonds is 14. The summed E-state index contributed by atoms with van der Waals surface area (Å²) in [4.78, 5) is 21.0. The normalized spacial score (nSPS) is 12.3. The number of carbonyl (C=O) groups excluding carboxylic acids is 1. The third-order valence-electron chi connectivity index (χ3n) is 6.74. The van der Waals surface area contributed by atoms with Crippen LogP contribution in [0.15, 0.2) is 53.0 Å². The topological polar surface area (TPSA) is 45.2 Å². The van der Waals surface area contributed by atoms with Gasteiger partial charge in [0.25, 0.3) is 5.91 Å². The molecule has 1 unspecified atom stereocenters. The Morgan fingerprint density at radius 2 is 1.61 bits per heavy atom. The molecule has 194 valence electrons. The largest absolute Gasteiger partial charge is 0.348 e. The van der Waals surface area contributed by atoms with Gasteiger partial charge in [0.1, 0.15) is 0 Å². The Kier molecular flexibility index (Phi) is 11.4. The molecule has 0 fully saturated rings. The van der Waals surface area contributed by atoms with Crippen molar-refractivity contribution in [2.24, 2.45) is 0 Å². The van der Waals surface area contributed by atoms with Crippen LogP contribution in [0.1, 0.15) is 82.1 Å². The number of carbonyl (C=O) groups is 1. The Bertz CT molecular complexity index is 1100. The lowest BCUT2D eigenvalue weighted by Crippen LogP contribution is -2.42. The van der Waals surface area contributed by atoms with Gasteiger partial charge in [0.2, 0.25) is 0 Å². The van der Waals surface area contributed by atoms with Gasteiger partial charge in [-0.3, -0.25) is 4.79 Å². The molecule has 0 radical (unpaired) electrons. The van der Waals surface area contributed by atoms with Gasteiger partial charge >= 0.3 is 0 Å². The maximum absolute atomic E-state index is 13.6. The number of pyridine rings is 1. The number of amides is 1. The fourth-order valence-electron chi connectivity index (χ4n) is 4.64. The SMILES string of the molecule is CCCCCN(CCCCC)CC(C)NC(=O)c1cc(-c2ccc(CC)cc2)nc2ccc(Br)cc12. The van der Waals surface area contributed by atoms with Gasteiger partial charge in [0, 0.05) is 28.0 Å². The summed E-state index contributed by atoms with van der Waals surface area (Å²) in [7, 11) is 0. The van der Waals surface area contributed by atoms with Gasteiger partial charge in [-0.15, -0.1) is 0 Å². The van der Waals surface area contributed by atoms with Crippen molar-refractivity contribution < 1.29 is 4.79 Å². The van der Waals surface area contributed by atoms with Gasteiger partial charge in [0.05, 0.1) is 16.8 Å². The highest BCUT2D eigenvalue weighted by Gasteiger charge is 2.18. The number of nitrogens with one attached hydrogen (secondary N) is 1. The van der Waals surface area contributed by atoms with Crippen LogP contribution < -0.4 is 5.32 Å². The lowest BCUT2D eigenvalue weighted by molar-refractivity contribution is 0.0930. The van der Waals surface area contributed by atoms with Gasteiger partial charge in [-0.2, -0.15) is 0 Å². The number of benzene rings is 2. The van der Waals surface area contributed by atoms with Crippen LogP contribution in [0.4, 0.5) is 0 Å². The number of halogens is 1. The molecule has 0 bridgehead atoms. The van der Waals surface area contributed by atoms with Gasteiger partial charge in [0.15, 0.2) is 0 Å². The first kappa shape index (κ1) is 28.3. The summed E-state index contributed by atoms with van der Waals surface area (Å²) in [5, 5.41) is 4.16. The number of unbranched alkanes of at least 4 members (excludes halogenated alkanes) is 4. The summed E-state index contributed by atoms with van der Waals surface area (Å²) in [5.74, 6) is -0.0403. The van der Waals surface area contributed by atoms with Crippen molar-refractivity contribution in [2.45, 2.75) is 78.7 Å². The van der Waals surface area contributed by atoms with E-state index in [9.17, 15) is 4.79 Å². The molecular weight excluding hydrogens is 510 g/mol. The molecule has 0 aliphatic carbocycles. The molecule has 3 rings (SSSR count). The molecule has 0 aliphatic rings. The maximum atomic E-state index is 13.6. The number of aromatic nitrogens is 1. The quantitative estimate of drug-likeness (QED) is 0.206. The predicted molar refractivity (Wildman–Crippen MR) is 157 cm³/mol. The Morgan fingerprint density at radius 1 is 0.944 bits per heavy atom. The van der Waals surface area contributed by atoms with Gasteiger partial charge in [-0.25, -0.2) is 4.98 Å². The van der Waals surface area contributed by atoms with E-state index in [1.165, 1.54) is 44.1 Å². The summed E-state index contributed by atoms with van der Waals surface area (Å²) in [6.07, 6.45) is 8.39. The standard InChI is InChI=1S/C31H42BrN3O/c1-5-8-10-18-35(19-11-9-6-2)22-23(4)33-31(36)28-21-30(25-14-12-24(7-3)13-15-25)34-29-17-16-26(32)20-27(28)29/h12-17,20-21,23H,5-11,18-19,22H2,1-4H3,(H,33,36). The van der Waals surface area contributed by atoms with Crippen molar-refractivity contribution in [1.29, 1.82) is 0 Å². The molecule has 2 aromatic carbocycles. The average molecular weight is 553 g/mol. The molecule has 0 spiro atoms. The molecule has 0 saturated heterocycles. The minimum absolute atomic E-state index is 0.0403. The van der Waals surface area contributed by atoms with E-state index in [4.69, 9.17) is 4.98 Å². The van der Waals surface area contributed by atoms with Gasteiger partial charge < -0.3 is 10.2 Å². The Labute approximate surface area is 226 Å². The van der Waals surface area contributed by atoms with E-state index in [1.54, 1.807) is 0 Å². The Hall–Kier alpha value is -2.24. The van der Waals surface area contributed by atoms with Crippen molar-refractivity contribution >= 4 is 32.7 Å². The van der Waals surface area contributed by atoms with E-state index in [0.717, 1.165) is 52.7 Å². The molecule has 3 aromatic rings. The van der Waals surface area contributed by atoms with Crippen molar-refractivity contribution in [3.8, 4) is 11.3 Å². The van der Waals surface area contributed by atoms with Crippen LogP contribution in [-0.2, 0) is 6.42 Å². The lowest BCUT2D eigenvalue weighted by atomic mass is 10.0. The third kappa shape index (κ3) is 8.14. The van der Waals surface area contributed by atoms with E-state index in [-0.39, 0.29) is 11.9 Å². The third-order valence-corrected chi connectivity index (χ3v) is 7.23. The highest BCUT2D eigenvalue weighted by atomic mass is 79.9. The first-order valence-corrected chi connectivity index (χ1v) is 14.5. The van der Waals surface area contributed by atoms with E-state index in [0.29, 0.717) is 5.56 Å². The lowest BCUT2D eigenvalue weighted by Gasteiger charge is -2.26. The summed E-state index contributed by atoms with van der Waals surface area (Å²) < 4.78 is 0.942. The van der Waals surface area contributed by atoms with Crippen LogP contribution in [-0.4, -0.2) is 41.5 Å². The fourth-order valence-corrected chi connectivity index (χ4v) is 5.01. The summed E-state index contributed by atoms with van der Waals surface area (Å²) in [5.41, 5.74) is 4.64. The molecule has 1 heterocycles. The van der Waals surface area contributed by atoms with Crippen LogP contribution in [0.2, 0.25) is 0 Å². The van der Waals surface area contributed by atoms with Crippen molar-refractivity contribution in [3.05, 3.63) is 64.1 Å². The molecular formula is C31H42BrN3O. The number of aryl methyl sites for hydroxylation is 1. The Morgan fingerprint density at radius 3 is 2.22 bits per heavy atom. The monoisotopic (exact) mass is 551 g/mol. The molecule has 1 N–H and O–H groups in total. The molecule has 0 saturated carbocycles. The minimum Gasteiger partial charge on any atom is -0.348 e. The minimum atomic E-state index is -0.0403. The van der Waals surface area contributed by atoms with Crippen LogP contribution in [0.5, 0.6) is 0 Å².